The van der Waals surface area contributed by atoms with E-state index in [1.165, 1.54) is 19.3 Å². The van der Waals surface area contributed by atoms with Crippen LogP contribution in [0.3, 0.4) is 0 Å². The molecule has 0 aliphatic carbocycles. The van der Waals surface area contributed by atoms with Crippen molar-refractivity contribution in [1.29, 1.82) is 0 Å². The molecule has 0 N–H and O–H groups in total. The molecule has 1 heteroatoms. The van der Waals surface area contributed by atoms with E-state index in [0.717, 1.165) is 38.4 Å². The summed E-state index contributed by atoms with van der Waals surface area (Å²) in [6.07, 6.45) is 20.3. The third kappa shape index (κ3) is 12.9. The molecule has 0 unspecified atom stereocenters. The van der Waals surface area contributed by atoms with E-state index in [2.05, 4.69) is 30.9 Å². The molecule has 0 aliphatic heterocycles. The Morgan fingerprint density at radius 2 is 1.38 bits per heavy atom. The molecule has 0 fully saturated rings. The van der Waals surface area contributed by atoms with Crippen molar-refractivity contribution in [3.63, 3.8) is 0 Å². The van der Waals surface area contributed by atoms with Crippen LogP contribution in [-0.2, 0) is 4.79 Å². The fourth-order valence-electron chi connectivity index (χ4n) is 1.42. The smallest absolute Gasteiger partial charge is 0.119 e. The zero-order valence-corrected chi connectivity index (χ0v) is 10.2. The van der Waals surface area contributed by atoms with E-state index < -0.39 is 0 Å². The second kappa shape index (κ2) is 13.9. The van der Waals surface area contributed by atoms with Crippen LogP contribution in [0.15, 0.2) is 37.0 Å². The van der Waals surface area contributed by atoms with Crippen LogP contribution < -0.4 is 0 Å². The summed E-state index contributed by atoms with van der Waals surface area (Å²) in [5, 5.41) is 0. The molecule has 0 radical (unpaired) electrons. The van der Waals surface area contributed by atoms with Gasteiger partial charge in [0.05, 0.1) is 0 Å². The highest BCUT2D eigenvalue weighted by Gasteiger charge is 1.87. The van der Waals surface area contributed by atoms with Crippen molar-refractivity contribution in [3.05, 3.63) is 37.0 Å². The largest absolute Gasteiger partial charge is 0.303 e. The van der Waals surface area contributed by atoms with Crippen molar-refractivity contribution in [3.8, 4) is 0 Å². The highest BCUT2D eigenvalue weighted by Crippen LogP contribution is 2.05. The molecule has 0 aromatic rings. The molecule has 0 aromatic heterocycles. The predicted octanol–water partition coefficient (Wildman–Crippen LogP) is 4.60. The maximum atomic E-state index is 10.1. The summed E-state index contributed by atoms with van der Waals surface area (Å²) in [5.41, 5.74) is 0. The monoisotopic (exact) mass is 220 g/mol. The van der Waals surface area contributed by atoms with E-state index in [1.54, 1.807) is 0 Å². The van der Waals surface area contributed by atoms with Crippen LogP contribution in [0.5, 0.6) is 0 Å². The van der Waals surface area contributed by atoms with Crippen LogP contribution in [0.2, 0.25) is 0 Å². The van der Waals surface area contributed by atoms with Gasteiger partial charge in [0, 0.05) is 6.42 Å². The van der Waals surface area contributed by atoms with E-state index in [9.17, 15) is 4.79 Å². The zero-order valence-electron chi connectivity index (χ0n) is 10.2. The van der Waals surface area contributed by atoms with E-state index in [-0.39, 0.29) is 0 Å². The van der Waals surface area contributed by atoms with Crippen LogP contribution in [0, 0.1) is 0 Å². The first-order valence-electron chi connectivity index (χ1n) is 6.26. The summed E-state index contributed by atoms with van der Waals surface area (Å²) in [4.78, 5) is 10.1. The van der Waals surface area contributed by atoms with Crippen LogP contribution in [0.25, 0.3) is 0 Å². The van der Waals surface area contributed by atoms with Crippen molar-refractivity contribution < 1.29 is 4.79 Å². The lowest BCUT2D eigenvalue weighted by atomic mass is 10.1. The highest BCUT2D eigenvalue weighted by atomic mass is 16.1. The Balaban J connectivity index is 3.15. The van der Waals surface area contributed by atoms with Crippen LogP contribution in [-0.4, -0.2) is 6.29 Å². The molecule has 0 saturated heterocycles. The third-order valence-corrected chi connectivity index (χ3v) is 2.35. The minimum Gasteiger partial charge on any atom is -0.303 e. The standard InChI is InChI=1S/C15H24O/c1-2-3-4-5-6-7-8-9-10-11-12-13-14-15-16/h2,4-5,7-8,15H,1,3,6,9-14H2. The molecule has 0 heterocycles. The SMILES string of the molecule is C=CCC=CCC=CCCCCCCC=O. The van der Waals surface area contributed by atoms with Crippen LogP contribution in [0.4, 0.5) is 0 Å². The number of rotatable bonds is 11. The van der Waals surface area contributed by atoms with Gasteiger partial charge in [-0.2, -0.15) is 0 Å². The fraction of sp³-hybridized carbons (Fsp3) is 0.533. The van der Waals surface area contributed by atoms with E-state index in [0.29, 0.717) is 0 Å². The molecule has 0 saturated carbocycles. The Morgan fingerprint density at radius 3 is 2.06 bits per heavy atom. The third-order valence-electron chi connectivity index (χ3n) is 2.35. The number of hydrogen-bond acceptors (Lipinski definition) is 1. The second-order valence-corrected chi connectivity index (χ2v) is 3.86. The van der Waals surface area contributed by atoms with Crippen molar-refractivity contribution in [2.24, 2.45) is 0 Å². The Kier molecular flexibility index (Phi) is 12.9. The van der Waals surface area contributed by atoms with Gasteiger partial charge in [-0.05, 0) is 32.1 Å². The topological polar surface area (TPSA) is 17.1 Å². The first-order chi connectivity index (χ1) is 7.91. The molecule has 0 bridgehead atoms. The molecule has 0 rings (SSSR count). The maximum Gasteiger partial charge on any atom is 0.119 e. The van der Waals surface area contributed by atoms with E-state index in [4.69, 9.17) is 0 Å². The predicted molar refractivity (Wildman–Crippen MR) is 71.5 cm³/mol. The summed E-state index contributed by atoms with van der Waals surface area (Å²) < 4.78 is 0. The Labute approximate surface area is 99.9 Å². The highest BCUT2D eigenvalue weighted by molar-refractivity contribution is 5.48. The zero-order chi connectivity index (χ0) is 11.9. The molecule has 16 heavy (non-hydrogen) atoms. The lowest BCUT2D eigenvalue weighted by Crippen LogP contribution is -1.79. The quantitative estimate of drug-likeness (QED) is 0.282. The molecule has 90 valence electrons. The van der Waals surface area contributed by atoms with Crippen LogP contribution in [0.1, 0.15) is 51.4 Å². The average Bonchev–Trinajstić information content (AvgIpc) is 2.31. The Morgan fingerprint density at radius 1 is 0.750 bits per heavy atom. The van der Waals surface area contributed by atoms with Crippen molar-refractivity contribution in [1.82, 2.24) is 0 Å². The summed E-state index contributed by atoms with van der Waals surface area (Å²) in [6, 6.07) is 0. The number of hydrogen-bond donors (Lipinski definition) is 0. The number of unbranched alkanes of at least 4 members (excludes halogenated alkanes) is 5. The van der Waals surface area contributed by atoms with Gasteiger partial charge in [-0.1, -0.05) is 43.2 Å². The molecule has 0 amide bonds. The van der Waals surface area contributed by atoms with Gasteiger partial charge in [-0.25, -0.2) is 0 Å². The average molecular weight is 220 g/mol. The molecule has 1 nitrogen and oxygen atoms in total. The number of carbonyl (C=O) groups is 1. The molecule has 0 aliphatic rings. The first-order valence-corrected chi connectivity index (χ1v) is 6.26. The summed E-state index contributed by atoms with van der Waals surface area (Å²) in [6.45, 7) is 3.66. The lowest BCUT2D eigenvalue weighted by molar-refractivity contribution is -0.107. The molecular weight excluding hydrogens is 196 g/mol. The molecule has 0 aromatic carbocycles. The summed E-state index contributed by atoms with van der Waals surface area (Å²) in [5.74, 6) is 0. The Hall–Kier alpha value is -1.11. The Bertz CT molecular complexity index is 213. The van der Waals surface area contributed by atoms with Crippen molar-refractivity contribution >= 4 is 6.29 Å². The van der Waals surface area contributed by atoms with Crippen LogP contribution >= 0.6 is 0 Å². The van der Waals surface area contributed by atoms with Gasteiger partial charge in [0.1, 0.15) is 6.29 Å². The van der Waals surface area contributed by atoms with Gasteiger partial charge >= 0.3 is 0 Å². The van der Waals surface area contributed by atoms with E-state index in [1.807, 2.05) is 6.08 Å². The molecule has 0 atom stereocenters. The van der Waals surface area contributed by atoms with Gasteiger partial charge < -0.3 is 4.79 Å². The minimum atomic E-state index is 0.726. The summed E-state index contributed by atoms with van der Waals surface area (Å²) >= 11 is 0. The molecular formula is C15H24O. The number of aldehydes is 1. The van der Waals surface area contributed by atoms with Gasteiger partial charge in [0.25, 0.3) is 0 Å². The van der Waals surface area contributed by atoms with Gasteiger partial charge in [-0.15, -0.1) is 6.58 Å². The second-order valence-electron chi connectivity index (χ2n) is 3.86. The van der Waals surface area contributed by atoms with Crippen molar-refractivity contribution in [2.75, 3.05) is 0 Å². The number of carbonyl (C=O) groups excluding carboxylic acids is 1. The minimum absolute atomic E-state index is 0.726. The van der Waals surface area contributed by atoms with E-state index >= 15 is 0 Å². The van der Waals surface area contributed by atoms with Gasteiger partial charge in [0.15, 0.2) is 0 Å². The van der Waals surface area contributed by atoms with Gasteiger partial charge in [-0.3, -0.25) is 0 Å². The van der Waals surface area contributed by atoms with Gasteiger partial charge in [0.2, 0.25) is 0 Å². The van der Waals surface area contributed by atoms with Crippen molar-refractivity contribution in [2.45, 2.75) is 51.4 Å². The summed E-state index contributed by atoms with van der Waals surface area (Å²) in [7, 11) is 0. The molecule has 0 spiro atoms. The number of allylic oxidation sites excluding steroid dienone is 5. The lowest BCUT2D eigenvalue weighted by Gasteiger charge is -1.95. The normalized spacial score (nSPS) is 11.2. The maximum absolute atomic E-state index is 10.1. The first kappa shape index (κ1) is 14.9. The fourth-order valence-corrected chi connectivity index (χ4v) is 1.42.